The van der Waals surface area contributed by atoms with E-state index in [1.165, 1.54) is 11.0 Å². The van der Waals surface area contributed by atoms with E-state index < -0.39 is 29.7 Å². The average molecular weight is 500 g/mol. The van der Waals surface area contributed by atoms with Gasteiger partial charge in [-0.2, -0.15) is 26.3 Å². The number of carbonyl (C=O) groups is 2. The number of benzene rings is 1. The van der Waals surface area contributed by atoms with Gasteiger partial charge in [-0.05, 0) is 12.1 Å². The molecule has 0 radical (unpaired) electrons. The predicted molar refractivity (Wildman–Crippen MR) is 106 cm³/mol. The van der Waals surface area contributed by atoms with Crippen LogP contribution in [0.1, 0.15) is 15.2 Å². The third-order valence-corrected chi connectivity index (χ3v) is 7.31. The number of hydrogen-bond donors (Lipinski definition) is 0. The predicted octanol–water partition coefficient (Wildman–Crippen LogP) is 4.10. The molecule has 1 aromatic carbocycles. The largest absolute Gasteiger partial charge is 0.471 e. The molecule has 4 rings (SSSR count). The number of amides is 2. The molecule has 0 atom stereocenters. The van der Waals surface area contributed by atoms with Crippen molar-refractivity contribution in [3.05, 3.63) is 33.7 Å². The summed E-state index contributed by atoms with van der Waals surface area (Å²) in [6.07, 6.45) is -9.40. The van der Waals surface area contributed by atoms with Crippen LogP contribution < -0.4 is 0 Å². The zero-order chi connectivity index (χ0) is 23.4. The first kappa shape index (κ1) is 23.1. The number of hydrogen-bond acceptors (Lipinski definition) is 4. The molecule has 2 saturated heterocycles. The van der Waals surface area contributed by atoms with Crippen molar-refractivity contribution in [1.82, 2.24) is 14.7 Å². The highest BCUT2D eigenvalue weighted by Gasteiger charge is 2.44. The molecule has 1 aromatic heterocycles. The van der Waals surface area contributed by atoms with Crippen molar-refractivity contribution in [3.63, 3.8) is 0 Å². The standard InChI is InChI=1S/C19H16ClF6N3O2S/c20-14-12-2-1-10(18(21,22)23)7-13(12)32-15(14)16(30)29-8-11(9-29)27-3-5-28(6-4-27)17(31)19(24,25)26/h1-2,7,11H,3-6,8-9H2. The van der Waals surface area contributed by atoms with E-state index in [4.69, 9.17) is 11.6 Å². The zero-order valence-corrected chi connectivity index (χ0v) is 17.8. The molecule has 32 heavy (non-hydrogen) atoms. The molecular weight excluding hydrogens is 484 g/mol. The minimum Gasteiger partial charge on any atom is -0.335 e. The lowest BCUT2D eigenvalue weighted by Gasteiger charge is -2.48. The van der Waals surface area contributed by atoms with E-state index in [-0.39, 0.29) is 46.8 Å². The van der Waals surface area contributed by atoms with Crippen LogP contribution in [-0.4, -0.2) is 78.0 Å². The van der Waals surface area contributed by atoms with Crippen molar-refractivity contribution in [2.24, 2.45) is 0 Å². The van der Waals surface area contributed by atoms with E-state index in [0.29, 0.717) is 18.5 Å². The van der Waals surface area contributed by atoms with Crippen molar-refractivity contribution in [2.45, 2.75) is 18.4 Å². The molecule has 3 heterocycles. The number of alkyl halides is 6. The first-order valence-corrected chi connectivity index (χ1v) is 10.7. The number of piperazine rings is 1. The molecular formula is C19H16ClF6N3O2S. The Balaban J connectivity index is 1.37. The van der Waals surface area contributed by atoms with Crippen molar-refractivity contribution < 1.29 is 35.9 Å². The van der Waals surface area contributed by atoms with E-state index >= 15 is 0 Å². The molecule has 0 saturated carbocycles. The number of fused-ring (bicyclic) bond motifs is 1. The average Bonchev–Trinajstić information content (AvgIpc) is 3.01. The molecule has 0 unspecified atom stereocenters. The monoisotopic (exact) mass is 499 g/mol. The Hall–Kier alpha value is -2.05. The molecule has 2 fully saturated rings. The number of rotatable bonds is 2. The molecule has 2 aliphatic rings. The molecule has 2 aliphatic heterocycles. The van der Waals surface area contributed by atoms with E-state index in [9.17, 15) is 35.9 Å². The Morgan fingerprint density at radius 2 is 1.59 bits per heavy atom. The van der Waals surface area contributed by atoms with Crippen LogP contribution in [-0.2, 0) is 11.0 Å². The van der Waals surface area contributed by atoms with Gasteiger partial charge in [-0.15, -0.1) is 11.3 Å². The van der Waals surface area contributed by atoms with Crippen LogP contribution in [0.25, 0.3) is 10.1 Å². The molecule has 5 nitrogen and oxygen atoms in total. The molecule has 174 valence electrons. The second-order valence-corrected chi connectivity index (χ2v) is 9.07. The minimum atomic E-state index is -4.90. The van der Waals surface area contributed by atoms with Gasteiger partial charge in [0.25, 0.3) is 5.91 Å². The third kappa shape index (κ3) is 4.27. The molecule has 0 aliphatic carbocycles. The van der Waals surface area contributed by atoms with Gasteiger partial charge in [-0.25, -0.2) is 0 Å². The first-order valence-electron chi connectivity index (χ1n) is 9.55. The van der Waals surface area contributed by atoms with Gasteiger partial charge in [-0.1, -0.05) is 17.7 Å². The number of nitrogens with zero attached hydrogens (tertiary/aromatic N) is 3. The normalized spacial score (nSPS) is 18.8. The Kier molecular flexibility index (Phi) is 5.83. The summed E-state index contributed by atoms with van der Waals surface area (Å²) < 4.78 is 76.7. The minimum absolute atomic E-state index is 0.0491. The van der Waals surface area contributed by atoms with E-state index in [2.05, 4.69) is 0 Å². The fourth-order valence-corrected chi connectivity index (χ4v) is 5.36. The van der Waals surface area contributed by atoms with Gasteiger partial charge in [0.05, 0.1) is 10.6 Å². The van der Waals surface area contributed by atoms with E-state index in [0.717, 1.165) is 28.4 Å². The summed E-state index contributed by atoms with van der Waals surface area (Å²) in [6.45, 7) is 1.07. The van der Waals surface area contributed by atoms with Crippen LogP contribution in [0, 0.1) is 0 Å². The van der Waals surface area contributed by atoms with E-state index in [1.807, 2.05) is 4.90 Å². The maximum Gasteiger partial charge on any atom is 0.471 e. The van der Waals surface area contributed by atoms with Crippen LogP contribution in [0.2, 0.25) is 5.02 Å². The van der Waals surface area contributed by atoms with Gasteiger partial charge < -0.3 is 9.80 Å². The van der Waals surface area contributed by atoms with Crippen LogP contribution >= 0.6 is 22.9 Å². The highest BCUT2D eigenvalue weighted by molar-refractivity contribution is 7.21. The Morgan fingerprint density at radius 1 is 0.969 bits per heavy atom. The fraction of sp³-hybridized carbons (Fsp3) is 0.474. The maximum absolute atomic E-state index is 12.9. The van der Waals surface area contributed by atoms with Crippen LogP contribution in [0.5, 0.6) is 0 Å². The quantitative estimate of drug-likeness (QED) is 0.584. The van der Waals surface area contributed by atoms with Gasteiger partial charge >= 0.3 is 18.3 Å². The second kappa shape index (κ2) is 8.07. The van der Waals surface area contributed by atoms with Crippen molar-refractivity contribution in [1.29, 1.82) is 0 Å². The number of likely N-dealkylation sites (tertiary alicyclic amines) is 1. The van der Waals surface area contributed by atoms with Crippen LogP contribution in [0.3, 0.4) is 0 Å². The summed E-state index contributed by atoms with van der Waals surface area (Å²) in [5.74, 6) is -2.25. The zero-order valence-electron chi connectivity index (χ0n) is 16.3. The topological polar surface area (TPSA) is 43.9 Å². The lowest BCUT2D eigenvalue weighted by atomic mass is 10.1. The van der Waals surface area contributed by atoms with Gasteiger partial charge in [-0.3, -0.25) is 14.5 Å². The van der Waals surface area contributed by atoms with Gasteiger partial charge in [0.2, 0.25) is 0 Å². The molecule has 0 spiro atoms. The number of halogens is 7. The summed E-state index contributed by atoms with van der Waals surface area (Å²) in [4.78, 5) is 28.5. The summed E-state index contributed by atoms with van der Waals surface area (Å²) in [5.41, 5.74) is -0.825. The Morgan fingerprint density at radius 3 is 2.16 bits per heavy atom. The fourth-order valence-electron chi connectivity index (χ4n) is 3.84. The van der Waals surface area contributed by atoms with Crippen molar-refractivity contribution in [3.8, 4) is 0 Å². The van der Waals surface area contributed by atoms with Crippen molar-refractivity contribution in [2.75, 3.05) is 39.3 Å². The SMILES string of the molecule is O=C(c1sc2cc(C(F)(F)F)ccc2c1Cl)N1CC(N2CCN(C(=O)C(F)(F)F)CC2)C1. The first-order chi connectivity index (χ1) is 14.9. The van der Waals surface area contributed by atoms with Crippen LogP contribution in [0.4, 0.5) is 26.3 Å². The maximum atomic E-state index is 12.9. The summed E-state index contributed by atoms with van der Waals surface area (Å²) >= 11 is 7.15. The molecule has 0 bridgehead atoms. The molecule has 13 heteroatoms. The highest BCUT2D eigenvalue weighted by atomic mass is 35.5. The van der Waals surface area contributed by atoms with Crippen molar-refractivity contribution >= 4 is 44.8 Å². The molecule has 2 aromatic rings. The van der Waals surface area contributed by atoms with E-state index in [1.54, 1.807) is 0 Å². The summed E-state index contributed by atoms with van der Waals surface area (Å²) in [6, 6.07) is 3.06. The number of carbonyl (C=O) groups excluding carboxylic acids is 2. The lowest BCUT2D eigenvalue weighted by molar-refractivity contribution is -0.187. The Bertz CT molecular complexity index is 1060. The Labute approximate surface area is 187 Å². The van der Waals surface area contributed by atoms with Crippen LogP contribution in [0.15, 0.2) is 18.2 Å². The summed E-state index contributed by atoms with van der Waals surface area (Å²) in [7, 11) is 0. The van der Waals surface area contributed by atoms with Gasteiger partial charge in [0, 0.05) is 55.4 Å². The van der Waals surface area contributed by atoms with Gasteiger partial charge in [0.1, 0.15) is 4.88 Å². The third-order valence-electron chi connectivity index (χ3n) is 5.66. The highest BCUT2D eigenvalue weighted by Crippen LogP contribution is 2.40. The second-order valence-electron chi connectivity index (χ2n) is 7.64. The number of thiophene rings is 1. The van der Waals surface area contributed by atoms with Gasteiger partial charge in [0.15, 0.2) is 0 Å². The lowest BCUT2D eigenvalue weighted by Crippen LogP contribution is -2.64. The molecule has 2 amide bonds. The summed E-state index contributed by atoms with van der Waals surface area (Å²) in [5, 5.41) is 0.474. The smallest absolute Gasteiger partial charge is 0.335 e. The molecule has 0 N–H and O–H groups in total.